The fourth-order valence-electron chi connectivity index (χ4n) is 2.89. The monoisotopic (exact) mass is 324 g/mol. The molecule has 112 valence electrons. The summed E-state index contributed by atoms with van der Waals surface area (Å²) in [5, 5.41) is 0.703. The second-order valence-corrected chi connectivity index (χ2v) is 6.76. The zero-order valence-electron chi connectivity index (χ0n) is 11.6. The van der Waals surface area contributed by atoms with Gasteiger partial charge in [0.2, 0.25) is 11.8 Å². The Hall–Kier alpha value is -1.20. The highest BCUT2D eigenvalue weighted by molar-refractivity contribution is 8.00. The summed E-state index contributed by atoms with van der Waals surface area (Å²) in [5.41, 5.74) is 1.12. The predicted octanol–water partition coefficient (Wildman–Crippen LogP) is 2.54. The number of nitrogens with zero attached hydrogens (tertiary/aromatic N) is 2. The molecule has 2 amide bonds. The molecule has 0 radical (unpaired) electrons. The van der Waals surface area contributed by atoms with E-state index in [1.54, 1.807) is 16.7 Å². The van der Waals surface area contributed by atoms with Crippen molar-refractivity contribution < 1.29 is 9.59 Å². The van der Waals surface area contributed by atoms with Crippen molar-refractivity contribution in [3.63, 3.8) is 0 Å². The maximum absolute atomic E-state index is 12.5. The van der Waals surface area contributed by atoms with Gasteiger partial charge < -0.3 is 9.80 Å². The van der Waals surface area contributed by atoms with Crippen LogP contribution in [0.1, 0.15) is 24.4 Å². The van der Waals surface area contributed by atoms with Crippen molar-refractivity contribution >= 4 is 35.2 Å². The molecule has 1 aromatic carbocycles. The lowest BCUT2D eigenvalue weighted by Gasteiger charge is -2.27. The highest BCUT2D eigenvalue weighted by Gasteiger charge is 2.32. The first kappa shape index (κ1) is 14.7. The van der Waals surface area contributed by atoms with Crippen LogP contribution in [0.25, 0.3) is 0 Å². The van der Waals surface area contributed by atoms with Gasteiger partial charge in [0.05, 0.1) is 17.7 Å². The van der Waals surface area contributed by atoms with Crippen LogP contribution in [0.3, 0.4) is 0 Å². The molecule has 0 aromatic heterocycles. The molecule has 4 nitrogen and oxygen atoms in total. The zero-order chi connectivity index (χ0) is 14.8. The molecule has 3 rings (SSSR count). The SMILES string of the molecule is O=C1CSCN1CC(=O)N1CCC[C@H]1c1ccc(Cl)cc1. The van der Waals surface area contributed by atoms with Crippen molar-refractivity contribution in [1.82, 2.24) is 9.80 Å². The molecule has 2 aliphatic heterocycles. The number of carbonyl (C=O) groups is 2. The quantitative estimate of drug-likeness (QED) is 0.858. The first-order valence-electron chi connectivity index (χ1n) is 7.05. The van der Waals surface area contributed by atoms with Crippen LogP contribution in [0.5, 0.6) is 0 Å². The number of rotatable bonds is 3. The van der Waals surface area contributed by atoms with Gasteiger partial charge in [0, 0.05) is 11.6 Å². The van der Waals surface area contributed by atoms with Crippen molar-refractivity contribution in [1.29, 1.82) is 0 Å². The van der Waals surface area contributed by atoms with Gasteiger partial charge in [-0.3, -0.25) is 9.59 Å². The molecule has 0 bridgehead atoms. The van der Waals surface area contributed by atoms with Crippen molar-refractivity contribution in [2.45, 2.75) is 18.9 Å². The van der Waals surface area contributed by atoms with Crippen LogP contribution in [-0.4, -0.2) is 46.3 Å². The molecule has 0 unspecified atom stereocenters. The molecule has 1 aromatic rings. The maximum Gasteiger partial charge on any atom is 0.242 e. The number of thioether (sulfide) groups is 1. The summed E-state index contributed by atoms with van der Waals surface area (Å²) in [7, 11) is 0. The number of hydrogen-bond acceptors (Lipinski definition) is 3. The van der Waals surface area contributed by atoms with E-state index >= 15 is 0 Å². The van der Waals surface area contributed by atoms with Gasteiger partial charge >= 0.3 is 0 Å². The third-order valence-electron chi connectivity index (χ3n) is 3.98. The lowest BCUT2D eigenvalue weighted by atomic mass is 10.0. The van der Waals surface area contributed by atoms with E-state index in [9.17, 15) is 9.59 Å². The first-order valence-corrected chi connectivity index (χ1v) is 8.59. The molecule has 2 heterocycles. The van der Waals surface area contributed by atoms with Gasteiger partial charge in [-0.1, -0.05) is 23.7 Å². The van der Waals surface area contributed by atoms with Gasteiger partial charge in [0.25, 0.3) is 0 Å². The number of likely N-dealkylation sites (tertiary alicyclic amines) is 1. The Morgan fingerprint density at radius 2 is 2.10 bits per heavy atom. The van der Waals surface area contributed by atoms with E-state index < -0.39 is 0 Å². The highest BCUT2D eigenvalue weighted by Crippen LogP contribution is 2.32. The van der Waals surface area contributed by atoms with Crippen LogP contribution >= 0.6 is 23.4 Å². The third-order valence-corrected chi connectivity index (χ3v) is 5.18. The Morgan fingerprint density at radius 1 is 1.33 bits per heavy atom. The van der Waals surface area contributed by atoms with E-state index in [0.717, 1.165) is 24.9 Å². The van der Waals surface area contributed by atoms with Crippen LogP contribution in [0.4, 0.5) is 0 Å². The molecule has 0 N–H and O–H groups in total. The van der Waals surface area contributed by atoms with Gasteiger partial charge in [-0.2, -0.15) is 0 Å². The Morgan fingerprint density at radius 3 is 2.76 bits per heavy atom. The Kier molecular flexibility index (Phi) is 4.40. The van der Waals surface area contributed by atoms with Crippen LogP contribution < -0.4 is 0 Å². The fraction of sp³-hybridized carbons (Fsp3) is 0.467. The summed E-state index contributed by atoms with van der Waals surface area (Å²) in [5.74, 6) is 1.23. The molecule has 0 saturated carbocycles. The molecule has 0 aliphatic carbocycles. The molecule has 2 fully saturated rings. The second kappa shape index (κ2) is 6.28. The Balaban J connectivity index is 1.69. The van der Waals surface area contributed by atoms with Gasteiger partial charge in [0.1, 0.15) is 6.54 Å². The van der Waals surface area contributed by atoms with Gasteiger partial charge in [-0.05, 0) is 30.5 Å². The summed E-state index contributed by atoms with van der Waals surface area (Å²) >= 11 is 7.48. The summed E-state index contributed by atoms with van der Waals surface area (Å²) in [6.07, 6.45) is 1.97. The van der Waals surface area contributed by atoms with E-state index in [2.05, 4.69) is 0 Å². The molecule has 2 saturated heterocycles. The number of carbonyl (C=O) groups excluding carboxylic acids is 2. The lowest BCUT2D eigenvalue weighted by molar-refractivity contribution is -0.138. The topological polar surface area (TPSA) is 40.6 Å². The number of halogens is 1. The minimum Gasteiger partial charge on any atom is -0.334 e. The Labute approximate surface area is 133 Å². The zero-order valence-corrected chi connectivity index (χ0v) is 13.2. The molecular weight excluding hydrogens is 308 g/mol. The summed E-state index contributed by atoms with van der Waals surface area (Å²) < 4.78 is 0. The van der Waals surface area contributed by atoms with Crippen molar-refractivity contribution in [3.8, 4) is 0 Å². The molecule has 0 spiro atoms. The number of amides is 2. The normalized spacial score (nSPS) is 22.1. The van der Waals surface area contributed by atoms with Crippen LogP contribution in [0.15, 0.2) is 24.3 Å². The minimum absolute atomic E-state index is 0.0447. The summed E-state index contributed by atoms with van der Waals surface area (Å²) in [6.45, 7) is 0.969. The van der Waals surface area contributed by atoms with E-state index in [4.69, 9.17) is 11.6 Å². The first-order chi connectivity index (χ1) is 10.1. The van der Waals surface area contributed by atoms with Crippen LogP contribution in [0, 0.1) is 0 Å². The third kappa shape index (κ3) is 3.19. The van der Waals surface area contributed by atoms with E-state index in [0.29, 0.717) is 16.7 Å². The summed E-state index contributed by atoms with van der Waals surface area (Å²) in [6, 6.07) is 7.79. The van der Waals surface area contributed by atoms with E-state index in [1.807, 2.05) is 29.2 Å². The van der Waals surface area contributed by atoms with E-state index in [1.165, 1.54) is 0 Å². The van der Waals surface area contributed by atoms with Crippen molar-refractivity contribution in [2.24, 2.45) is 0 Å². The van der Waals surface area contributed by atoms with Crippen molar-refractivity contribution in [2.75, 3.05) is 24.7 Å². The second-order valence-electron chi connectivity index (χ2n) is 5.37. The number of benzene rings is 1. The summed E-state index contributed by atoms with van der Waals surface area (Å²) in [4.78, 5) is 27.7. The van der Waals surface area contributed by atoms with Gasteiger partial charge in [0.15, 0.2) is 0 Å². The average molecular weight is 325 g/mol. The lowest BCUT2D eigenvalue weighted by Crippen LogP contribution is -2.40. The molecule has 1 atom stereocenters. The smallest absolute Gasteiger partial charge is 0.242 e. The largest absolute Gasteiger partial charge is 0.334 e. The molecule has 6 heteroatoms. The van der Waals surface area contributed by atoms with Crippen LogP contribution in [0.2, 0.25) is 5.02 Å². The average Bonchev–Trinajstić information content (AvgIpc) is 3.09. The number of hydrogen-bond donors (Lipinski definition) is 0. The van der Waals surface area contributed by atoms with E-state index in [-0.39, 0.29) is 24.4 Å². The standard InChI is InChI=1S/C15H17ClN2O2S/c16-12-5-3-11(4-6-12)13-2-1-7-18(13)14(19)8-17-10-21-9-15(17)20/h3-6,13H,1-2,7-10H2/t13-/m0/s1. The molecule has 21 heavy (non-hydrogen) atoms. The Bertz CT molecular complexity index is 549. The maximum atomic E-state index is 12.5. The van der Waals surface area contributed by atoms with Gasteiger partial charge in [-0.15, -0.1) is 11.8 Å². The fourth-order valence-corrected chi connectivity index (χ4v) is 3.92. The highest BCUT2D eigenvalue weighted by atomic mass is 35.5. The minimum atomic E-state index is 0.0447. The predicted molar refractivity (Wildman–Crippen MR) is 84.2 cm³/mol. The molecular formula is C15H17ClN2O2S. The van der Waals surface area contributed by atoms with Crippen molar-refractivity contribution in [3.05, 3.63) is 34.9 Å². The molecule has 2 aliphatic rings. The van der Waals surface area contributed by atoms with Crippen LogP contribution in [-0.2, 0) is 9.59 Å². The van der Waals surface area contributed by atoms with Gasteiger partial charge in [-0.25, -0.2) is 0 Å².